The van der Waals surface area contributed by atoms with E-state index in [0.717, 1.165) is 11.1 Å². The number of hydrogen-bond acceptors (Lipinski definition) is 3. The molecule has 0 bridgehead atoms. The van der Waals surface area contributed by atoms with Gasteiger partial charge in [0.25, 0.3) is 0 Å². The van der Waals surface area contributed by atoms with E-state index in [1.807, 2.05) is 14.0 Å². The molecule has 1 saturated heterocycles. The summed E-state index contributed by atoms with van der Waals surface area (Å²) in [5, 5.41) is 3.10. The summed E-state index contributed by atoms with van der Waals surface area (Å²) in [5.74, 6) is -0.206. The predicted octanol–water partition coefficient (Wildman–Crippen LogP) is 1.48. The molecular formula is C14H18FNO2. The number of likely N-dealkylation sites (N-methyl/N-ethyl adjacent to an activating group) is 1. The summed E-state index contributed by atoms with van der Waals surface area (Å²) < 4.78 is 18.3. The molecule has 0 amide bonds. The van der Waals surface area contributed by atoms with Crippen LogP contribution in [0.15, 0.2) is 18.2 Å². The van der Waals surface area contributed by atoms with Crippen molar-refractivity contribution >= 4 is 5.78 Å². The molecule has 1 aromatic carbocycles. The molecule has 0 spiro atoms. The summed E-state index contributed by atoms with van der Waals surface area (Å²) >= 11 is 0. The van der Waals surface area contributed by atoms with E-state index in [9.17, 15) is 9.18 Å². The summed E-state index contributed by atoms with van der Waals surface area (Å²) in [7, 11) is 1.84. The molecule has 0 radical (unpaired) electrons. The van der Waals surface area contributed by atoms with Gasteiger partial charge in [0.05, 0.1) is 19.1 Å². The van der Waals surface area contributed by atoms with Crippen LogP contribution in [0.2, 0.25) is 0 Å². The average Bonchev–Trinajstić information content (AvgIpc) is 2.81. The van der Waals surface area contributed by atoms with Gasteiger partial charge in [-0.1, -0.05) is 6.07 Å². The van der Waals surface area contributed by atoms with E-state index in [2.05, 4.69) is 5.32 Å². The van der Waals surface area contributed by atoms with Gasteiger partial charge >= 0.3 is 0 Å². The lowest BCUT2D eigenvalue weighted by atomic mass is 9.92. The van der Waals surface area contributed by atoms with Crippen molar-refractivity contribution in [1.29, 1.82) is 0 Å². The molecule has 0 aliphatic carbocycles. The Morgan fingerprint density at radius 3 is 2.94 bits per heavy atom. The molecule has 1 fully saturated rings. The van der Waals surface area contributed by atoms with E-state index >= 15 is 0 Å². The number of nitrogens with one attached hydrogen (secondary N) is 1. The fourth-order valence-corrected chi connectivity index (χ4v) is 2.33. The molecule has 2 unspecified atom stereocenters. The van der Waals surface area contributed by atoms with Crippen molar-refractivity contribution < 1.29 is 13.9 Å². The molecule has 2 rings (SSSR count). The Labute approximate surface area is 106 Å². The standard InChI is InChI=1S/C14H18FNO2/c1-9-5-11(15)4-3-10(9)6-14(17)12-7-18-8-13(12)16-2/h3-5,12-13,16H,6-8H2,1-2H3. The van der Waals surface area contributed by atoms with Crippen molar-refractivity contribution in [3.8, 4) is 0 Å². The van der Waals surface area contributed by atoms with Gasteiger partial charge in [0.2, 0.25) is 0 Å². The number of aryl methyl sites for hydroxylation is 1. The van der Waals surface area contributed by atoms with Gasteiger partial charge < -0.3 is 10.1 Å². The lowest BCUT2D eigenvalue weighted by molar-refractivity contribution is -0.122. The second kappa shape index (κ2) is 5.59. The van der Waals surface area contributed by atoms with Crippen LogP contribution in [-0.2, 0) is 16.0 Å². The van der Waals surface area contributed by atoms with Crippen molar-refractivity contribution in [2.24, 2.45) is 5.92 Å². The fourth-order valence-electron chi connectivity index (χ4n) is 2.33. The Morgan fingerprint density at radius 1 is 1.50 bits per heavy atom. The third-order valence-corrected chi connectivity index (χ3v) is 3.53. The molecule has 1 aliphatic rings. The van der Waals surface area contributed by atoms with Crippen LogP contribution in [0.1, 0.15) is 11.1 Å². The van der Waals surface area contributed by atoms with Gasteiger partial charge in [-0.05, 0) is 37.2 Å². The van der Waals surface area contributed by atoms with E-state index in [1.54, 1.807) is 6.07 Å². The number of carbonyl (C=O) groups is 1. The molecule has 18 heavy (non-hydrogen) atoms. The van der Waals surface area contributed by atoms with Gasteiger partial charge in [0.1, 0.15) is 11.6 Å². The largest absolute Gasteiger partial charge is 0.379 e. The summed E-state index contributed by atoms with van der Waals surface area (Å²) in [5.41, 5.74) is 1.71. The van der Waals surface area contributed by atoms with Gasteiger partial charge in [-0.2, -0.15) is 0 Å². The van der Waals surface area contributed by atoms with Crippen LogP contribution in [0.25, 0.3) is 0 Å². The molecule has 0 saturated carbocycles. The van der Waals surface area contributed by atoms with Gasteiger partial charge in [-0.3, -0.25) is 4.79 Å². The lowest BCUT2D eigenvalue weighted by Gasteiger charge is -2.16. The zero-order valence-electron chi connectivity index (χ0n) is 10.7. The van der Waals surface area contributed by atoms with Crippen LogP contribution >= 0.6 is 0 Å². The monoisotopic (exact) mass is 251 g/mol. The third kappa shape index (κ3) is 2.76. The number of rotatable bonds is 4. The van der Waals surface area contributed by atoms with Gasteiger partial charge in [-0.25, -0.2) is 4.39 Å². The normalized spacial score (nSPS) is 23.3. The highest BCUT2D eigenvalue weighted by atomic mass is 19.1. The van der Waals surface area contributed by atoms with E-state index in [1.165, 1.54) is 12.1 Å². The highest BCUT2D eigenvalue weighted by molar-refractivity contribution is 5.84. The maximum absolute atomic E-state index is 13.0. The van der Waals surface area contributed by atoms with Gasteiger partial charge in [-0.15, -0.1) is 0 Å². The molecule has 98 valence electrons. The Hall–Kier alpha value is -1.26. The Morgan fingerprint density at radius 2 is 2.28 bits per heavy atom. The van der Waals surface area contributed by atoms with Gasteiger partial charge in [0, 0.05) is 12.5 Å². The lowest BCUT2D eigenvalue weighted by Crippen LogP contribution is -2.37. The first-order valence-electron chi connectivity index (χ1n) is 6.14. The number of halogens is 1. The van der Waals surface area contributed by atoms with E-state index < -0.39 is 0 Å². The first-order chi connectivity index (χ1) is 8.61. The van der Waals surface area contributed by atoms with Gasteiger partial charge in [0.15, 0.2) is 0 Å². The molecular weight excluding hydrogens is 233 g/mol. The number of ether oxygens (including phenoxy) is 1. The van der Waals surface area contributed by atoms with Crippen LogP contribution in [0.5, 0.6) is 0 Å². The number of ketones is 1. The van der Waals surface area contributed by atoms with E-state index in [4.69, 9.17) is 4.74 Å². The fraction of sp³-hybridized carbons (Fsp3) is 0.500. The Bertz CT molecular complexity index is 447. The van der Waals surface area contributed by atoms with Crippen molar-refractivity contribution in [2.75, 3.05) is 20.3 Å². The predicted molar refractivity (Wildman–Crippen MR) is 67.0 cm³/mol. The number of hydrogen-bond donors (Lipinski definition) is 1. The third-order valence-electron chi connectivity index (χ3n) is 3.53. The van der Waals surface area contributed by atoms with Crippen LogP contribution in [0.3, 0.4) is 0 Å². The Balaban J connectivity index is 2.07. The molecule has 2 atom stereocenters. The van der Waals surface area contributed by atoms with Crippen LogP contribution < -0.4 is 5.32 Å². The van der Waals surface area contributed by atoms with Crippen molar-refractivity contribution in [3.05, 3.63) is 35.1 Å². The maximum Gasteiger partial charge on any atom is 0.144 e. The molecule has 1 heterocycles. The molecule has 1 aromatic rings. The van der Waals surface area contributed by atoms with Crippen molar-refractivity contribution in [2.45, 2.75) is 19.4 Å². The number of benzene rings is 1. The smallest absolute Gasteiger partial charge is 0.144 e. The summed E-state index contributed by atoms with van der Waals surface area (Å²) in [6.07, 6.45) is 0.346. The maximum atomic E-state index is 13.0. The van der Waals surface area contributed by atoms with Crippen LogP contribution in [0.4, 0.5) is 4.39 Å². The number of carbonyl (C=O) groups excluding carboxylic acids is 1. The second-order valence-electron chi connectivity index (χ2n) is 4.75. The van der Waals surface area contributed by atoms with Crippen LogP contribution in [-0.4, -0.2) is 32.1 Å². The molecule has 4 heteroatoms. The highest BCUT2D eigenvalue weighted by Gasteiger charge is 2.32. The molecule has 1 N–H and O–H groups in total. The molecule has 0 aromatic heterocycles. The van der Waals surface area contributed by atoms with Crippen molar-refractivity contribution in [1.82, 2.24) is 5.32 Å². The summed E-state index contributed by atoms with van der Waals surface area (Å²) in [6.45, 7) is 2.88. The minimum atomic E-state index is -0.263. The highest BCUT2D eigenvalue weighted by Crippen LogP contribution is 2.19. The SMILES string of the molecule is CNC1COCC1C(=O)Cc1ccc(F)cc1C. The van der Waals surface area contributed by atoms with Crippen molar-refractivity contribution in [3.63, 3.8) is 0 Å². The van der Waals surface area contributed by atoms with Crippen LogP contribution in [0, 0.1) is 18.7 Å². The topological polar surface area (TPSA) is 38.3 Å². The minimum absolute atomic E-state index is 0.0956. The number of Topliss-reactive ketones (excluding diaryl/α,β-unsaturated/α-hetero) is 1. The summed E-state index contributed by atoms with van der Waals surface area (Å²) in [6, 6.07) is 4.64. The first kappa shape index (κ1) is 13.2. The second-order valence-corrected chi connectivity index (χ2v) is 4.75. The molecule has 1 aliphatic heterocycles. The zero-order chi connectivity index (χ0) is 13.1. The van der Waals surface area contributed by atoms with E-state index in [-0.39, 0.29) is 23.6 Å². The minimum Gasteiger partial charge on any atom is -0.379 e. The average molecular weight is 251 g/mol. The zero-order valence-corrected chi connectivity index (χ0v) is 10.7. The Kier molecular flexibility index (Phi) is 4.09. The quantitative estimate of drug-likeness (QED) is 0.881. The van der Waals surface area contributed by atoms with E-state index in [0.29, 0.717) is 19.6 Å². The first-order valence-corrected chi connectivity index (χ1v) is 6.14. The molecule has 3 nitrogen and oxygen atoms in total. The summed E-state index contributed by atoms with van der Waals surface area (Å²) in [4.78, 5) is 12.2.